The van der Waals surface area contributed by atoms with E-state index < -0.39 is 35.1 Å². The molecule has 0 saturated carbocycles. The molecule has 2 aromatic rings. The summed E-state index contributed by atoms with van der Waals surface area (Å²) in [6, 6.07) is 12.2. The SMILES string of the molecule is CC(C)(C)OC(=O)CC[C@@H](NC(=O)c1ccc(NCCN2C(=O)c3ccccc3C2=O)cc1)C(=O)OC(C)(C)C. The molecule has 0 spiro atoms. The molecule has 10 nitrogen and oxygen atoms in total. The number of hydrogen-bond acceptors (Lipinski definition) is 8. The van der Waals surface area contributed by atoms with E-state index in [-0.39, 0.29) is 31.2 Å². The molecule has 10 heteroatoms. The van der Waals surface area contributed by atoms with E-state index in [0.717, 1.165) is 0 Å². The number of anilines is 1. The van der Waals surface area contributed by atoms with Gasteiger partial charge in [0.25, 0.3) is 17.7 Å². The largest absolute Gasteiger partial charge is 0.460 e. The first-order valence-corrected chi connectivity index (χ1v) is 13.2. The molecular formula is C30H37N3O7. The Labute approximate surface area is 234 Å². The number of ether oxygens (including phenoxy) is 2. The number of carbonyl (C=O) groups is 5. The van der Waals surface area contributed by atoms with Crippen molar-refractivity contribution in [3.63, 3.8) is 0 Å². The van der Waals surface area contributed by atoms with Crippen molar-refractivity contribution in [2.24, 2.45) is 0 Å². The summed E-state index contributed by atoms with van der Waals surface area (Å²) in [5, 5.41) is 5.81. The second kappa shape index (κ2) is 12.3. The monoisotopic (exact) mass is 551 g/mol. The highest BCUT2D eigenvalue weighted by molar-refractivity contribution is 6.21. The van der Waals surface area contributed by atoms with Crippen LogP contribution in [0.25, 0.3) is 0 Å². The molecule has 0 saturated heterocycles. The third-order valence-corrected chi connectivity index (χ3v) is 5.74. The minimum absolute atomic E-state index is 0.0208. The van der Waals surface area contributed by atoms with Crippen molar-refractivity contribution >= 4 is 35.3 Å². The van der Waals surface area contributed by atoms with Gasteiger partial charge in [-0.15, -0.1) is 0 Å². The number of amides is 3. The van der Waals surface area contributed by atoms with E-state index in [4.69, 9.17) is 9.47 Å². The first-order chi connectivity index (χ1) is 18.6. The minimum Gasteiger partial charge on any atom is -0.460 e. The Kier molecular flexibility index (Phi) is 9.34. The second-order valence-corrected chi connectivity index (χ2v) is 11.5. The van der Waals surface area contributed by atoms with Crippen LogP contribution in [0.2, 0.25) is 0 Å². The summed E-state index contributed by atoms with van der Waals surface area (Å²) >= 11 is 0. The number of nitrogens with zero attached hydrogens (tertiary/aromatic N) is 1. The molecule has 0 radical (unpaired) electrons. The zero-order valence-corrected chi connectivity index (χ0v) is 23.8. The number of hydrogen-bond donors (Lipinski definition) is 2. The Balaban J connectivity index is 1.57. The van der Waals surface area contributed by atoms with Gasteiger partial charge in [-0.3, -0.25) is 24.1 Å². The van der Waals surface area contributed by atoms with Crippen molar-refractivity contribution in [3.05, 3.63) is 65.2 Å². The van der Waals surface area contributed by atoms with Gasteiger partial charge in [-0.1, -0.05) is 12.1 Å². The third-order valence-electron chi connectivity index (χ3n) is 5.74. The average Bonchev–Trinajstić information content (AvgIpc) is 3.09. The van der Waals surface area contributed by atoms with E-state index in [0.29, 0.717) is 28.9 Å². The first kappa shape index (κ1) is 30.3. The minimum atomic E-state index is -1.04. The number of esters is 2. The summed E-state index contributed by atoms with van der Waals surface area (Å²) in [5.41, 5.74) is 0.352. The summed E-state index contributed by atoms with van der Waals surface area (Å²) in [6.45, 7) is 10.9. The molecule has 1 aliphatic heterocycles. The van der Waals surface area contributed by atoms with Crippen molar-refractivity contribution in [3.8, 4) is 0 Å². The van der Waals surface area contributed by atoms with Crippen LogP contribution in [0.4, 0.5) is 5.69 Å². The van der Waals surface area contributed by atoms with E-state index in [1.165, 1.54) is 4.90 Å². The van der Waals surface area contributed by atoms with E-state index in [9.17, 15) is 24.0 Å². The molecule has 3 amide bonds. The molecular weight excluding hydrogens is 514 g/mol. The highest BCUT2D eigenvalue weighted by Crippen LogP contribution is 2.22. The summed E-state index contributed by atoms with van der Waals surface area (Å²) in [6.07, 6.45) is -0.0512. The molecule has 2 aromatic carbocycles. The third kappa shape index (κ3) is 8.39. The van der Waals surface area contributed by atoms with E-state index in [2.05, 4.69) is 10.6 Å². The Bertz CT molecular complexity index is 1240. The number of rotatable bonds is 10. The second-order valence-electron chi connectivity index (χ2n) is 11.5. The average molecular weight is 552 g/mol. The lowest BCUT2D eigenvalue weighted by molar-refractivity contribution is -0.158. The normalized spacial score (nSPS) is 13.9. The number of benzene rings is 2. The fourth-order valence-electron chi connectivity index (χ4n) is 4.01. The molecule has 2 N–H and O–H groups in total. The number of fused-ring (bicyclic) bond motifs is 1. The van der Waals surface area contributed by atoms with Gasteiger partial charge in [-0.25, -0.2) is 4.79 Å². The fourth-order valence-corrected chi connectivity index (χ4v) is 4.01. The smallest absolute Gasteiger partial charge is 0.329 e. The lowest BCUT2D eigenvalue weighted by atomic mass is 10.1. The van der Waals surface area contributed by atoms with Crippen LogP contribution in [0.15, 0.2) is 48.5 Å². The van der Waals surface area contributed by atoms with E-state index >= 15 is 0 Å². The van der Waals surface area contributed by atoms with Gasteiger partial charge in [0.15, 0.2) is 0 Å². The van der Waals surface area contributed by atoms with Gasteiger partial charge in [0.05, 0.1) is 11.1 Å². The van der Waals surface area contributed by atoms with Gasteiger partial charge < -0.3 is 20.1 Å². The Hall–Kier alpha value is -4.21. The Morgan fingerprint density at radius 3 is 1.90 bits per heavy atom. The fraction of sp³-hybridized carbons (Fsp3) is 0.433. The van der Waals surface area contributed by atoms with E-state index in [1.54, 1.807) is 90.1 Å². The van der Waals surface area contributed by atoms with Gasteiger partial charge in [0.2, 0.25) is 0 Å². The lowest BCUT2D eigenvalue weighted by Gasteiger charge is -2.25. The molecule has 214 valence electrons. The van der Waals surface area contributed by atoms with Crippen LogP contribution in [0.3, 0.4) is 0 Å². The van der Waals surface area contributed by atoms with Crippen LogP contribution < -0.4 is 10.6 Å². The molecule has 3 rings (SSSR count). The molecule has 0 unspecified atom stereocenters. The van der Waals surface area contributed by atoms with Gasteiger partial charge in [0, 0.05) is 30.8 Å². The molecule has 1 heterocycles. The van der Waals surface area contributed by atoms with Crippen LogP contribution in [0.1, 0.15) is 85.5 Å². The molecule has 1 aliphatic rings. The summed E-state index contributed by atoms with van der Waals surface area (Å²) in [4.78, 5) is 64.1. The van der Waals surface area contributed by atoms with Crippen LogP contribution in [0, 0.1) is 0 Å². The highest BCUT2D eigenvalue weighted by atomic mass is 16.6. The molecule has 1 atom stereocenters. The predicted molar refractivity (Wildman–Crippen MR) is 149 cm³/mol. The van der Waals surface area contributed by atoms with Gasteiger partial charge in [-0.05, 0) is 84.4 Å². The predicted octanol–water partition coefficient (Wildman–Crippen LogP) is 3.96. The van der Waals surface area contributed by atoms with Gasteiger partial charge >= 0.3 is 11.9 Å². The lowest BCUT2D eigenvalue weighted by Crippen LogP contribution is -2.44. The van der Waals surface area contributed by atoms with Crippen molar-refractivity contribution in [2.45, 2.75) is 71.6 Å². The number of carbonyl (C=O) groups excluding carboxylic acids is 5. The Morgan fingerprint density at radius 2 is 1.38 bits per heavy atom. The molecule has 0 aliphatic carbocycles. The van der Waals surface area contributed by atoms with Crippen LogP contribution >= 0.6 is 0 Å². The summed E-state index contributed by atoms with van der Waals surface area (Å²) in [5.74, 6) is -2.26. The quantitative estimate of drug-likeness (QED) is 0.335. The molecule has 0 fully saturated rings. The molecule has 0 aromatic heterocycles. The topological polar surface area (TPSA) is 131 Å². The number of nitrogens with one attached hydrogen (secondary N) is 2. The van der Waals surface area contributed by atoms with Crippen molar-refractivity contribution in [2.75, 3.05) is 18.4 Å². The van der Waals surface area contributed by atoms with Gasteiger partial charge in [0.1, 0.15) is 17.2 Å². The number of imide groups is 1. The van der Waals surface area contributed by atoms with Crippen molar-refractivity contribution in [1.29, 1.82) is 0 Å². The van der Waals surface area contributed by atoms with Crippen molar-refractivity contribution < 1.29 is 33.4 Å². The highest BCUT2D eigenvalue weighted by Gasteiger charge is 2.34. The maximum atomic E-state index is 12.9. The molecule has 0 bridgehead atoms. The maximum absolute atomic E-state index is 12.9. The van der Waals surface area contributed by atoms with E-state index in [1.807, 2.05) is 0 Å². The molecule has 40 heavy (non-hydrogen) atoms. The summed E-state index contributed by atoms with van der Waals surface area (Å²) < 4.78 is 10.8. The Morgan fingerprint density at radius 1 is 0.825 bits per heavy atom. The first-order valence-electron chi connectivity index (χ1n) is 13.2. The van der Waals surface area contributed by atoms with Crippen LogP contribution in [0.5, 0.6) is 0 Å². The van der Waals surface area contributed by atoms with Crippen molar-refractivity contribution in [1.82, 2.24) is 10.2 Å². The zero-order chi connectivity index (χ0) is 29.7. The maximum Gasteiger partial charge on any atom is 0.329 e. The van der Waals surface area contributed by atoms with Crippen LogP contribution in [-0.2, 0) is 19.1 Å². The van der Waals surface area contributed by atoms with Gasteiger partial charge in [-0.2, -0.15) is 0 Å². The standard InChI is InChI=1S/C30H37N3O7/c1-29(2,3)39-24(34)16-15-23(28(38)40-30(4,5)6)32-25(35)19-11-13-20(14-12-19)31-17-18-33-26(36)21-9-7-8-10-22(21)27(33)37/h7-14,23,31H,15-18H2,1-6H3,(H,32,35)/t23-/m1/s1. The van der Waals surface area contributed by atoms with Crippen LogP contribution in [-0.4, -0.2) is 64.9 Å². The summed E-state index contributed by atoms with van der Waals surface area (Å²) in [7, 11) is 0. The zero-order valence-electron chi connectivity index (χ0n) is 23.8.